The maximum atomic E-state index is 12.6. The number of nitrogens with one attached hydrogen (secondary N) is 1. The van der Waals surface area contributed by atoms with E-state index >= 15 is 0 Å². The molecule has 1 amide bonds. The van der Waals surface area contributed by atoms with Crippen molar-refractivity contribution in [1.29, 1.82) is 0 Å². The fourth-order valence-electron chi connectivity index (χ4n) is 2.55. The third kappa shape index (κ3) is 6.10. The second-order valence-corrected chi connectivity index (χ2v) is 6.74. The highest BCUT2D eigenvalue weighted by molar-refractivity contribution is 5.99. The van der Waals surface area contributed by atoms with Crippen molar-refractivity contribution in [3.63, 3.8) is 0 Å². The van der Waals surface area contributed by atoms with Crippen LogP contribution in [-0.2, 0) is 6.54 Å². The van der Waals surface area contributed by atoms with Crippen molar-refractivity contribution in [2.45, 2.75) is 27.3 Å². The zero-order valence-electron chi connectivity index (χ0n) is 17.1. The fraction of sp³-hybridized carbons (Fsp3) is 0.381. The average molecular weight is 402 g/mol. The number of nitro benzene ring substituents is 1. The lowest BCUT2D eigenvalue weighted by molar-refractivity contribution is -0.385. The SMILES string of the molecule is CCOc1cc(C(=O)NCc2ccc(OCC(C)C)cc2)c([N+](=O)[O-])cc1OC. The van der Waals surface area contributed by atoms with Crippen LogP contribution in [-0.4, -0.2) is 31.2 Å². The number of ether oxygens (including phenoxy) is 3. The van der Waals surface area contributed by atoms with E-state index in [1.165, 1.54) is 19.2 Å². The predicted octanol–water partition coefficient (Wildman–Crippen LogP) is 3.97. The van der Waals surface area contributed by atoms with Crippen molar-refractivity contribution in [3.05, 3.63) is 57.6 Å². The molecule has 0 fully saturated rings. The number of amides is 1. The number of carbonyl (C=O) groups excluding carboxylic acids is 1. The maximum Gasteiger partial charge on any atom is 0.286 e. The molecule has 2 aromatic carbocycles. The number of rotatable bonds is 10. The van der Waals surface area contributed by atoms with Crippen LogP contribution in [0.5, 0.6) is 17.2 Å². The zero-order chi connectivity index (χ0) is 21.4. The molecule has 8 nitrogen and oxygen atoms in total. The number of nitrogens with zero attached hydrogens (tertiary/aromatic N) is 1. The second-order valence-electron chi connectivity index (χ2n) is 6.74. The Kier molecular flexibility index (Phi) is 7.82. The summed E-state index contributed by atoms with van der Waals surface area (Å²) in [6.45, 7) is 7.09. The molecule has 0 bridgehead atoms. The first-order valence-electron chi connectivity index (χ1n) is 9.34. The van der Waals surface area contributed by atoms with E-state index in [0.717, 1.165) is 11.3 Å². The lowest BCUT2D eigenvalue weighted by Crippen LogP contribution is -2.24. The van der Waals surface area contributed by atoms with Gasteiger partial charge in [-0.2, -0.15) is 0 Å². The maximum absolute atomic E-state index is 12.6. The molecular weight excluding hydrogens is 376 g/mol. The molecule has 2 aromatic rings. The average Bonchev–Trinajstić information content (AvgIpc) is 2.70. The fourth-order valence-corrected chi connectivity index (χ4v) is 2.55. The normalized spacial score (nSPS) is 10.5. The van der Waals surface area contributed by atoms with Crippen LogP contribution in [0.4, 0.5) is 5.69 Å². The van der Waals surface area contributed by atoms with Gasteiger partial charge in [0, 0.05) is 12.6 Å². The van der Waals surface area contributed by atoms with Crippen molar-refractivity contribution in [1.82, 2.24) is 5.32 Å². The van der Waals surface area contributed by atoms with E-state index in [2.05, 4.69) is 19.2 Å². The molecule has 0 atom stereocenters. The number of hydrogen-bond acceptors (Lipinski definition) is 6. The molecule has 0 radical (unpaired) electrons. The molecule has 156 valence electrons. The van der Waals surface area contributed by atoms with Crippen molar-refractivity contribution in [2.24, 2.45) is 5.92 Å². The summed E-state index contributed by atoms with van der Waals surface area (Å²) in [5.41, 5.74) is 0.410. The second kappa shape index (κ2) is 10.3. The zero-order valence-corrected chi connectivity index (χ0v) is 17.1. The largest absolute Gasteiger partial charge is 0.493 e. The minimum atomic E-state index is -0.617. The summed E-state index contributed by atoms with van der Waals surface area (Å²) >= 11 is 0. The van der Waals surface area contributed by atoms with Crippen LogP contribution < -0.4 is 19.5 Å². The topological polar surface area (TPSA) is 99.9 Å². The highest BCUT2D eigenvalue weighted by Gasteiger charge is 2.24. The van der Waals surface area contributed by atoms with Crippen molar-refractivity contribution >= 4 is 11.6 Å². The van der Waals surface area contributed by atoms with Gasteiger partial charge in [-0.15, -0.1) is 0 Å². The summed E-state index contributed by atoms with van der Waals surface area (Å²) < 4.78 is 16.2. The number of nitro groups is 1. The highest BCUT2D eigenvalue weighted by Crippen LogP contribution is 2.34. The van der Waals surface area contributed by atoms with Gasteiger partial charge in [-0.25, -0.2) is 0 Å². The van der Waals surface area contributed by atoms with Gasteiger partial charge in [0.2, 0.25) is 0 Å². The van der Waals surface area contributed by atoms with Crippen LogP contribution in [0, 0.1) is 16.0 Å². The van der Waals surface area contributed by atoms with Gasteiger partial charge in [0.15, 0.2) is 11.5 Å². The van der Waals surface area contributed by atoms with Gasteiger partial charge in [-0.05, 0) is 30.5 Å². The summed E-state index contributed by atoms with van der Waals surface area (Å²) in [5.74, 6) is 1.08. The van der Waals surface area contributed by atoms with Crippen LogP contribution in [0.15, 0.2) is 36.4 Å². The van der Waals surface area contributed by atoms with E-state index in [9.17, 15) is 14.9 Å². The number of carbonyl (C=O) groups is 1. The minimum absolute atomic E-state index is 0.0869. The van der Waals surface area contributed by atoms with E-state index < -0.39 is 10.8 Å². The molecule has 0 aromatic heterocycles. The van der Waals surface area contributed by atoms with E-state index in [1.54, 1.807) is 6.92 Å². The molecule has 0 aliphatic heterocycles. The van der Waals surface area contributed by atoms with Crippen molar-refractivity contribution < 1.29 is 23.9 Å². The Morgan fingerprint density at radius 3 is 2.38 bits per heavy atom. The van der Waals surface area contributed by atoms with E-state index in [0.29, 0.717) is 19.1 Å². The molecule has 1 N–H and O–H groups in total. The van der Waals surface area contributed by atoms with Crippen LogP contribution in [0.1, 0.15) is 36.7 Å². The molecule has 0 heterocycles. The van der Waals surface area contributed by atoms with E-state index in [-0.39, 0.29) is 29.3 Å². The quantitative estimate of drug-likeness (QED) is 0.477. The molecule has 8 heteroatoms. The lowest BCUT2D eigenvalue weighted by atomic mass is 10.1. The molecule has 0 spiro atoms. The first-order chi connectivity index (χ1) is 13.8. The van der Waals surface area contributed by atoms with Crippen LogP contribution in [0.25, 0.3) is 0 Å². The number of hydrogen-bond donors (Lipinski definition) is 1. The van der Waals surface area contributed by atoms with Crippen LogP contribution in [0.3, 0.4) is 0 Å². The molecule has 29 heavy (non-hydrogen) atoms. The molecule has 0 aliphatic carbocycles. The molecular formula is C21H26N2O6. The Balaban J connectivity index is 2.13. The Bertz CT molecular complexity index is 849. The first kappa shape index (κ1) is 22.0. The third-order valence-corrected chi connectivity index (χ3v) is 3.98. The third-order valence-electron chi connectivity index (χ3n) is 3.98. The van der Waals surface area contributed by atoms with Gasteiger partial charge in [-0.3, -0.25) is 14.9 Å². The number of benzene rings is 2. The molecule has 0 saturated heterocycles. The van der Waals surface area contributed by atoms with Crippen LogP contribution >= 0.6 is 0 Å². The lowest BCUT2D eigenvalue weighted by Gasteiger charge is -2.12. The summed E-state index contributed by atoms with van der Waals surface area (Å²) in [5, 5.41) is 14.1. The van der Waals surface area contributed by atoms with Crippen molar-refractivity contribution in [3.8, 4) is 17.2 Å². The van der Waals surface area contributed by atoms with Crippen LogP contribution in [0.2, 0.25) is 0 Å². The Morgan fingerprint density at radius 2 is 1.83 bits per heavy atom. The predicted molar refractivity (Wildman–Crippen MR) is 109 cm³/mol. The highest BCUT2D eigenvalue weighted by atomic mass is 16.6. The minimum Gasteiger partial charge on any atom is -0.493 e. The smallest absolute Gasteiger partial charge is 0.286 e. The van der Waals surface area contributed by atoms with Gasteiger partial charge in [0.05, 0.1) is 31.3 Å². The number of methoxy groups -OCH3 is 1. The Morgan fingerprint density at radius 1 is 1.14 bits per heavy atom. The van der Waals surface area contributed by atoms with Crippen molar-refractivity contribution in [2.75, 3.05) is 20.3 Å². The van der Waals surface area contributed by atoms with Gasteiger partial charge in [0.25, 0.3) is 11.6 Å². The molecule has 0 aliphatic rings. The van der Waals surface area contributed by atoms with E-state index in [4.69, 9.17) is 14.2 Å². The summed E-state index contributed by atoms with van der Waals surface area (Å²) in [7, 11) is 1.38. The molecule has 0 saturated carbocycles. The van der Waals surface area contributed by atoms with Gasteiger partial charge in [-0.1, -0.05) is 26.0 Å². The first-order valence-corrected chi connectivity index (χ1v) is 9.34. The monoisotopic (exact) mass is 402 g/mol. The van der Waals surface area contributed by atoms with Gasteiger partial charge in [0.1, 0.15) is 11.3 Å². The molecule has 0 unspecified atom stereocenters. The van der Waals surface area contributed by atoms with Gasteiger partial charge < -0.3 is 19.5 Å². The Hall–Kier alpha value is -3.29. The standard InChI is InChI=1S/C21H26N2O6/c1-5-28-20-10-17(18(23(25)26)11-19(20)27-4)21(24)22-12-15-6-8-16(9-7-15)29-13-14(2)3/h6-11,14H,5,12-13H2,1-4H3,(H,22,24). The molecule has 2 rings (SSSR count). The van der Waals surface area contributed by atoms with Gasteiger partial charge >= 0.3 is 0 Å². The summed E-state index contributed by atoms with van der Waals surface area (Å²) in [4.78, 5) is 23.4. The summed E-state index contributed by atoms with van der Waals surface area (Å²) in [6, 6.07) is 9.85. The Labute approximate surface area is 169 Å². The summed E-state index contributed by atoms with van der Waals surface area (Å²) in [6.07, 6.45) is 0. The van der Waals surface area contributed by atoms with E-state index in [1.807, 2.05) is 24.3 Å².